The van der Waals surface area contributed by atoms with Crippen molar-refractivity contribution in [3.05, 3.63) is 50.7 Å². The summed E-state index contributed by atoms with van der Waals surface area (Å²) >= 11 is 0. The van der Waals surface area contributed by atoms with Crippen LogP contribution in [0, 0.1) is 0 Å². The summed E-state index contributed by atoms with van der Waals surface area (Å²) in [5, 5.41) is 2.77. The first-order valence-electron chi connectivity index (χ1n) is 10.7. The number of carbonyl (C=O) groups is 1. The van der Waals surface area contributed by atoms with E-state index in [1.807, 2.05) is 24.0 Å². The van der Waals surface area contributed by atoms with Gasteiger partial charge in [-0.25, -0.2) is 9.36 Å². The number of anilines is 2. The van der Waals surface area contributed by atoms with Crippen molar-refractivity contribution >= 4 is 17.4 Å². The minimum absolute atomic E-state index is 0.189. The van der Waals surface area contributed by atoms with Crippen molar-refractivity contribution in [3.8, 4) is 5.75 Å². The van der Waals surface area contributed by atoms with Gasteiger partial charge in [0.2, 0.25) is 5.91 Å². The van der Waals surface area contributed by atoms with Crippen molar-refractivity contribution in [1.82, 2.24) is 14.5 Å². The van der Waals surface area contributed by atoms with Crippen molar-refractivity contribution < 1.29 is 9.53 Å². The Morgan fingerprint density at radius 1 is 1.10 bits per heavy atom. The predicted octanol–water partition coefficient (Wildman–Crippen LogP) is 1.32. The minimum Gasteiger partial charge on any atom is -0.497 e. The number of carbonyl (C=O) groups excluding carboxylic acids is 1. The molecule has 1 aliphatic heterocycles. The molecule has 9 heteroatoms. The van der Waals surface area contributed by atoms with Crippen molar-refractivity contribution in [2.45, 2.75) is 52.2 Å². The third-order valence-corrected chi connectivity index (χ3v) is 5.51. The van der Waals surface area contributed by atoms with E-state index in [1.165, 1.54) is 4.57 Å². The molecule has 168 valence electrons. The smallest absolute Gasteiger partial charge is 0.333 e. The van der Waals surface area contributed by atoms with Gasteiger partial charge in [-0.15, -0.1) is 0 Å². The highest BCUT2D eigenvalue weighted by Gasteiger charge is 2.24. The second-order valence-electron chi connectivity index (χ2n) is 7.73. The summed E-state index contributed by atoms with van der Waals surface area (Å²) in [4.78, 5) is 40.6. The van der Waals surface area contributed by atoms with Gasteiger partial charge in [0.25, 0.3) is 5.56 Å². The van der Waals surface area contributed by atoms with Crippen LogP contribution in [0.15, 0.2) is 33.9 Å². The zero-order valence-electron chi connectivity index (χ0n) is 18.2. The third kappa shape index (κ3) is 5.10. The van der Waals surface area contributed by atoms with Crippen LogP contribution in [0.4, 0.5) is 11.5 Å². The Labute approximate surface area is 181 Å². The number of methoxy groups -OCH3 is 1. The van der Waals surface area contributed by atoms with Gasteiger partial charge in [-0.3, -0.25) is 14.2 Å². The first kappa shape index (κ1) is 22.5. The maximum Gasteiger partial charge on any atom is 0.333 e. The standard InChI is InChI=1S/C22H31N5O4/c1-3-11-26-20(23)19(25-12-5-4-6-13-25)21(29)27(22(26)30)15-18(28)24-14-16-7-9-17(31-2)10-8-16/h7-10H,3-6,11-15,23H2,1-2H3,(H,24,28). The van der Waals surface area contributed by atoms with Gasteiger partial charge < -0.3 is 20.7 Å². The molecule has 1 saturated heterocycles. The van der Waals surface area contributed by atoms with Gasteiger partial charge in [0, 0.05) is 26.2 Å². The highest BCUT2D eigenvalue weighted by Crippen LogP contribution is 2.21. The number of nitrogens with zero attached hydrogens (tertiary/aromatic N) is 3. The Hall–Kier alpha value is -3.23. The Morgan fingerprint density at radius 2 is 1.77 bits per heavy atom. The minimum atomic E-state index is -0.551. The zero-order valence-corrected chi connectivity index (χ0v) is 18.2. The summed E-state index contributed by atoms with van der Waals surface area (Å²) in [6.45, 7) is 3.69. The van der Waals surface area contributed by atoms with Gasteiger partial charge in [-0.2, -0.15) is 0 Å². The van der Waals surface area contributed by atoms with E-state index in [2.05, 4.69) is 5.32 Å². The summed E-state index contributed by atoms with van der Waals surface area (Å²) in [6.07, 6.45) is 3.72. The fourth-order valence-corrected chi connectivity index (χ4v) is 3.84. The van der Waals surface area contributed by atoms with E-state index in [0.717, 1.165) is 35.1 Å². The molecule has 1 amide bonds. The molecule has 0 atom stereocenters. The predicted molar refractivity (Wildman–Crippen MR) is 121 cm³/mol. The fourth-order valence-electron chi connectivity index (χ4n) is 3.84. The van der Waals surface area contributed by atoms with Crippen LogP contribution in [-0.2, 0) is 24.4 Å². The lowest BCUT2D eigenvalue weighted by Gasteiger charge is -2.30. The number of nitrogens with one attached hydrogen (secondary N) is 1. The molecule has 0 radical (unpaired) electrons. The van der Waals surface area contributed by atoms with Gasteiger partial charge in [0.1, 0.15) is 23.8 Å². The third-order valence-electron chi connectivity index (χ3n) is 5.51. The summed E-state index contributed by atoms with van der Waals surface area (Å²) in [6, 6.07) is 7.30. The number of ether oxygens (including phenoxy) is 1. The molecule has 31 heavy (non-hydrogen) atoms. The first-order valence-corrected chi connectivity index (χ1v) is 10.7. The van der Waals surface area contributed by atoms with Gasteiger partial charge in [-0.05, 0) is 43.4 Å². The largest absolute Gasteiger partial charge is 0.497 e. The quantitative estimate of drug-likeness (QED) is 0.655. The van der Waals surface area contributed by atoms with Crippen LogP contribution in [0.3, 0.4) is 0 Å². The lowest BCUT2D eigenvalue weighted by molar-refractivity contribution is -0.121. The zero-order chi connectivity index (χ0) is 22.4. The summed E-state index contributed by atoms with van der Waals surface area (Å²) in [5.74, 6) is 0.506. The molecule has 2 aromatic rings. The molecule has 3 rings (SSSR count). The maximum absolute atomic E-state index is 13.2. The van der Waals surface area contributed by atoms with Crippen LogP contribution in [0.25, 0.3) is 0 Å². The Balaban J connectivity index is 1.84. The van der Waals surface area contributed by atoms with E-state index in [4.69, 9.17) is 10.5 Å². The van der Waals surface area contributed by atoms with E-state index in [0.29, 0.717) is 31.7 Å². The molecule has 0 spiro atoms. The summed E-state index contributed by atoms with van der Waals surface area (Å²) in [7, 11) is 1.59. The number of rotatable bonds is 8. The molecular formula is C22H31N5O4. The summed E-state index contributed by atoms with van der Waals surface area (Å²) in [5.41, 5.74) is 6.42. The number of benzene rings is 1. The topological polar surface area (TPSA) is 112 Å². The van der Waals surface area contributed by atoms with Crippen LogP contribution in [0.2, 0.25) is 0 Å². The van der Waals surface area contributed by atoms with E-state index in [1.54, 1.807) is 19.2 Å². The lowest BCUT2D eigenvalue weighted by Crippen LogP contribution is -2.48. The van der Waals surface area contributed by atoms with E-state index in [-0.39, 0.29) is 18.9 Å². The molecule has 1 aromatic heterocycles. The van der Waals surface area contributed by atoms with E-state index in [9.17, 15) is 14.4 Å². The van der Waals surface area contributed by atoms with Crippen LogP contribution >= 0.6 is 0 Å². The molecule has 9 nitrogen and oxygen atoms in total. The van der Waals surface area contributed by atoms with E-state index < -0.39 is 17.2 Å². The SMILES string of the molecule is CCCn1c(N)c(N2CCCCC2)c(=O)n(CC(=O)NCc2ccc(OC)cc2)c1=O. The van der Waals surface area contributed by atoms with Gasteiger partial charge >= 0.3 is 5.69 Å². The van der Waals surface area contributed by atoms with Crippen molar-refractivity contribution in [2.75, 3.05) is 30.8 Å². The van der Waals surface area contributed by atoms with Crippen LogP contribution in [0.1, 0.15) is 38.2 Å². The fraction of sp³-hybridized carbons (Fsp3) is 0.500. The van der Waals surface area contributed by atoms with Crippen LogP contribution in [0.5, 0.6) is 5.75 Å². The number of amides is 1. The van der Waals surface area contributed by atoms with Crippen molar-refractivity contribution in [2.24, 2.45) is 0 Å². The Kier molecular flexibility index (Phi) is 7.38. The molecule has 0 saturated carbocycles. The average Bonchev–Trinajstić information content (AvgIpc) is 2.79. The lowest BCUT2D eigenvalue weighted by atomic mass is 10.1. The number of piperidine rings is 1. The molecule has 0 bridgehead atoms. The van der Waals surface area contributed by atoms with Crippen molar-refractivity contribution in [3.63, 3.8) is 0 Å². The maximum atomic E-state index is 13.2. The molecule has 0 unspecified atom stereocenters. The van der Waals surface area contributed by atoms with Crippen molar-refractivity contribution in [1.29, 1.82) is 0 Å². The number of aromatic nitrogens is 2. The van der Waals surface area contributed by atoms with E-state index >= 15 is 0 Å². The second kappa shape index (κ2) is 10.2. The number of nitrogens with two attached hydrogens (primary N) is 1. The Morgan fingerprint density at radius 3 is 2.39 bits per heavy atom. The highest BCUT2D eigenvalue weighted by atomic mass is 16.5. The normalized spacial score (nSPS) is 13.8. The van der Waals surface area contributed by atoms with Crippen LogP contribution < -0.4 is 31.9 Å². The van der Waals surface area contributed by atoms with Crippen LogP contribution in [-0.4, -0.2) is 35.2 Å². The number of hydrogen-bond acceptors (Lipinski definition) is 6. The van der Waals surface area contributed by atoms with Gasteiger partial charge in [0.15, 0.2) is 0 Å². The molecule has 1 aromatic carbocycles. The molecule has 1 fully saturated rings. The molecule has 2 heterocycles. The monoisotopic (exact) mass is 429 g/mol. The Bertz CT molecular complexity index is 1020. The second-order valence-corrected chi connectivity index (χ2v) is 7.73. The van der Waals surface area contributed by atoms with Gasteiger partial charge in [-0.1, -0.05) is 19.1 Å². The molecular weight excluding hydrogens is 398 g/mol. The molecule has 0 aliphatic carbocycles. The average molecular weight is 430 g/mol. The van der Waals surface area contributed by atoms with Gasteiger partial charge in [0.05, 0.1) is 7.11 Å². The number of nitrogen functional groups attached to an aromatic ring is 1. The molecule has 3 N–H and O–H groups in total. The molecule has 1 aliphatic rings. The highest BCUT2D eigenvalue weighted by molar-refractivity contribution is 5.76. The number of hydrogen-bond donors (Lipinski definition) is 2. The first-order chi connectivity index (χ1) is 15.0. The summed E-state index contributed by atoms with van der Waals surface area (Å²) < 4.78 is 7.53.